The number of amides is 1. The van der Waals surface area contributed by atoms with Crippen LogP contribution in [-0.4, -0.2) is 48.0 Å². The minimum atomic E-state index is -3.55. The fourth-order valence-corrected chi connectivity index (χ4v) is 5.48. The second-order valence-corrected chi connectivity index (χ2v) is 11.6. The van der Waals surface area contributed by atoms with Crippen LogP contribution < -0.4 is 10.9 Å². The number of anilines is 1. The van der Waals surface area contributed by atoms with Crippen LogP contribution in [0, 0.1) is 13.8 Å². The van der Waals surface area contributed by atoms with Crippen molar-refractivity contribution in [1.29, 1.82) is 0 Å². The van der Waals surface area contributed by atoms with Crippen molar-refractivity contribution >= 4 is 44.3 Å². The number of aromatic nitrogens is 2. The van der Waals surface area contributed by atoms with Gasteiger partial charge in [0.05, 0.1) is 27.2 Å². The molecule has 1 N–H and O–H groups in total. The van der Waals surface area contributed by atoms with E-state index in [1.54, 1.807) is 34.9 Å². The lowest BCUT2D eigenvalue weighted by atomic mass is 10.1. The van der Waals surface area contributed by atoms with Crippen LogP contribution in [0.25, 0.3) is 16.6 Å². The second-order valence-electron chi connectivity index (χ2n) is 8.55. The van der Waals surface area contributed by atoms with E-state index in [9.17, 15) is 18.0 Å². The number of hydrogen-bond donors (Lipinski definition) is 1. The normalized spacial score (nSPS) is 11.7. The molecule has 0 saturated carbocycles. The molecule has 1 aromatic heterocycles. The van der Waals surface area contributed by atoms with Gasteiger partial charge >= 0.3 is 0 Å². The van der Waals surface area contributed by atoms with E-state index in [0.29, 0.717) is 27.4 Å². The maximum Gasteiger partial charge on any atom is 0.266 e. The number of fused-ring (bicyclic) bond motifs is 1. The molecule has 0 aliphatic heterocycles. The number of sulfonamides is 1. The van der Waals surface area contributed by atoms with Gasteiger partial charge in [0.1, 0.15) is 0 Å². The van der Waals surface area contributed by atoms with Gasteiger partial charge in [-0.1, -0.05) is 30.0 Å². The SMILES string of the molecule is Cc1cc(C)cc(-n2c(SCC(=O)Nc3ccc(S(=O)(=O)N(C)C)cc3)nc3ccccc3c2=O)c1. The van der Waals surface area contributed by atoms with Crippen LogP contribution in [0.1, 0.15) is 11.1 Å². The number of nitrogens with one attached hydrogen (secondary N) is 1. The Morgan fingerprint density at radius 1 is 1.00 bits per heavy atom. The summed E-state index contributed by atoms with van der Waals surface area (Å²) in [6, 6.07) is 19.0. The van der Waals surface area contributed by atoms with Crippen molar-refractivity contribution < 1.29 is 13.2 Å². The third-order valence-corrected chi connectivity index (χ3v) is 8.23. The summed E-state index contributed by atoms with van der Waals surface area (Å²) in [5, 5.41) is 3.67. The molecule has 0 bridgehead atoms. The molecular formula is C26H26N4O4S2. The van der Waals surface area contributed by atoms with E-state index in [4.69, 9.17) is 0 Å². The van der Waals surface area contributed by atoms with E-state index in [-0.39, 0.29) is 22.1 Å². The Morgan fingerprint density at radius 3 is 2.28 bits per heavy atom. The van der Waals surface area contributed by atoms with Crippen LogP contribution in [-0.2, 0) is 14.8 Å². The van der Waals surface area contributed by atoms with Gasteiger partial charge in [0, 0.05) is 19.8 Å². The van der Waals surface area contributed by atoms with E-state index in [1.807, 2.05) is 38.1 Å². The smallest absolute Gasteiger partial charge is 0.266 e. The summed E-state index contributed by atoms with van der Waals surface area (Å²) in [6.45, 7) is 3.93. The van der Waals surface area contributed by atoms with Crippen molar-refractivity contribution in [2.75, 3.05) is 25.2 Å². The Hall–Kier alpha value is -3.47. The minimum Gasteiger partial charge on any atom is -0.325 e. The van der Waals surface area contributed by atoms with Gasteiger partial charge in [0.2, 0.25) is 15.9 Å². The maximum absolute atomic E-state index is 13.4. The summed E-state index contributed by atoms with van der Waals surface area (Å²) in [5.41, 5.74) is 3.54. The molecular weight excluding hydrogens is 496 g/mol. The van der Waals surface area contributed by atoms with Crippen LogP contribution in [0.4, 0.5) is 5.69 Å². The summed E-state index contributed by atoms with van der Waals surface area (Å²) in [6.07, 6.45) is 0. The van der Waals surface area contributed by atoms with Gasteiger partial charge in [0.25, 0.3) is 5.56 Å². The number of carbonyl (C=O) groups is 1. The van der Waals surface area contributed by atoms with Gasteiger partial charge < -0.3 is 5.32 Å². The van der Waals surface area contributed by atoms with Crippen LogP contribution in [0.15, 0.2) is 81.6 Å². The molecule has 0 aliphatic rings. The van der Waals surface area contributed by atoms with Crippen LogP contribution in [0.5, 0.6) is 0 Å². The highest BCUT2D eigenvalue weighted by molar-refractivity contribution is 7.99. The van der Waals surface area contributed by atoms with E-state index >= 15 is 0 Å². The summed E-state index contributed by atoms with van der Waals surface area (Å²) in [7, 11) is -0.634. The van der Waals surface area contributed by atoms with Crippen molar-refractivity contribution in [3.05, 3.63) is 88.2 Å². The molecule has 0 radical (unpaired) electrons. The summed E-state index contributed by atoms with van der Waals surface area (Å²) in [5.74, 6) is -0.301. The van der Waals surface area contributed by atoms with Gasteiger partial charge in [-0.25, -0.2) is 17.7 Å². The first-order chi connectivity index (χ1) is 17.1. The molecule has 186 valence electrons. The van der Waals surface area contributed by atoms with Gasteiger partial charge in [-0.15, -0.1) is 0 Å². The maximum atomic E-state index is 13.4. The fraction of sp³-hybridized carbons (Fsp3) is 0.192. The molecule has 0 fully saturated rings. The number of thioether (sulfide) groups is 1. The number of nitrogens with zero attached hydrogens (tertiary/aromatic N) is 3. The zero-order chi connectivity index (χ0) is 26.0. The van der Waals surface area contributed by atoms with E-state index in [0.717, 1.165) is 27.2 Å². The Morgan fingerprint density at radius 2 is 1.64 bits per heavy atom. The van der Waals surface area contributed by atoms with Crippen molar-refractivity contribution in [2.45, 2.75) is 23.9 Å². The molecule has 4 rings (SSSR count). The average Bonchev–Trinajstić information content (AvgIpc) is 2.82. The standard InChI is InChI=1S/C26H26N4O4S2/c1-17-13-18(2)15-20(14-17)30-25(32)22-7-5-6-8-23(22)28-26(30)35-16-24(31)27-19-9-11-21(12-10-19)36(33,34)29(3)4/h5-15H,16H2,1-4H3,(H,27,31). The van der Waals surface area contributed by atoms with Crippen molar-refractivity contribution in [1.82, 2.24) is 13.9 Å². The summed E-state index contributed by atoms with van der Waals surface area (Å²) in [4.78, 5) is 30.9. The van der Waals surface area contributed by atoms with Crippen LogP contribution >= 0.6 is 11.8 Å². The Bertz CT molecular complexity index is 1590. The summed E-state index contributed by atoms with van der Waals surface area (Å²) < 4.78 is 27.1. The Labute approximate surface area is 214 Å². The molecule has 4 aromatic rings. The first-order valence-corrected chi connectivity index (χ1v) is 13.5. The highest BCUT2D eigenvalue weighted by Crippen LogP contribution is 2.23. The van der Waals surface area contributed by atoms with Crippen LogP contribution in [0.3, 0.4) is 0 Å². The minimum absolute atomic E-state index is 0.00727. The molecule has 1 heterocycles. The Kier molecular flexibility index (Phi) is 7.30. The third-order valence-electron chi connectivity index (χ3n) is 5.46. The predicted molar refractivity (Wildman–Crippen MR) is 143 cm³/mol. The third kappa shape index (κ3) is 5.35. The van der Waals surface area contributed by atoms with Crippen LogP contribution in [0.2, 0.25) is 0 Å². The first kappa shape index (κ1) is 25.6. The van der Waals surface area contributed by atoms with Crippen molar-refractivity contribution in [2.24, 2.45) is 0 Å². The monoisotopic (exact) mass is 522 g/mol. The predicted octanol–water partition coefficient (Wildman–Crippen LogP) is 3.98. The zero-order valence-corrected chi connectivity index (χ0v) is 22.0. The first-order valence-electron chi connectivity index (χ1n) is 11.1. The largest absolute Gasteiger partial charge is 0.325 e. The van der Waals surface area contributed by atoms with Gasteiger partial charge in [-0.05, 0) is 73.5 Å². The highest BCUT2D eigenvalue weighted by Gasteiger charge is 2.18. The second kappa shape index (κ2) is 10.3. The van der Waals surface area contributed by atoms with Crippen molar-refractivity contribution in [3.8, 4) is 5.69 Å². The quantitative estimate of drug-likeness (QED) is 0.291. The lowest BCUT2D eigenvalue weighted by Crippen LogP contribution is -2.23. The molecule has 0 unspecified atom stereocenters. The molecule has 1 amide bonds. The van der Waals surface area contributed by atoms with Gasteiger partial charge in [-0.2, -0.15) is 0 Å². The lowest BCUT2D eigenvalue weighted by Gasteiger charge is -2.15. The molecule has 0 spiro atoms. The average molecular weight is 523 g/mol. The molecule has 8 nitrogen and oxygen atoms in total. The fourth-order valence-electron chi connectivity index (χ4n) is 3.76. The number of aryl methyl sites for hydroxylation is 2. The molecule has 10 heteroatoms. The van der Waals surface area contributed by atoms with E-state index in [1.165, 1.54) is 26.2 Å². The summed E-state index contributed by atoms with van der Waals surface area (Å²) >= 11 is 1.16. The van der Waals surface area contributed by atoms with Gasteiger partial charge in [-0.3, -0.25) is 14.2 Å². The number of benzene rings is 3. The lowest BCUT2D eigenvalue weighted by molar-refractivity contribution is -0.113. The molecule has 0 aliphatic carbocycles. The number of carbonyl (C=O) groups excluding carboxylic acids is 1. The Balaban J connectivity index is 1.60. The molecule has 0 saturated heterocycles. The molecule has 0 atom stereocenters. The zero-order valence-electron chi connectivity index (χ0n) is 20.3. The topological polar surface area (TPSA) is 101 Å². The van der Waals surface area contributed by atoms with E-state index in [2.05, 4.69) is 10.3 Å². The number of rotatable bonds is 7. The number of hydrogen-bond acceptors (Lipinski definition) is 6. The van der Waals surface area contributed by atoms with E-state index < -0.39 is 10.0 Å². The molecule has 36 heavy (non-hydrogen) atoms. The molecule has 3 aromatic carbocycles. The number of para-hydroxylation sites is 1. The highest BCUT2D eigenvalue weighted by atomic mass is 32.2. The van der Waals surface area contributed by atoms with Crippen molar-refractivity contribution in [3.63, 3.8) is 0 Å². The van der Waals surface area contributed by atoms with Gasteiger partial charge in [0.15, 0.2) is 5.16 Å².